The molecule has 0 aromatic carbocycles. The fraction of sp³-hybridized carbons (Fsp3) is 0.955. The number of hydrogen-bond acceptors (Lipinski definition) is 3. The fourth-order valence-electron chi connectivity index (χ4n) is 7.21. The van der Waals surface area contributed by atoms with Crippen LogP contribution in [0.2, 0.25) is 0 Å². The van der Waals surface area contributed by atoms with Crippen LogP contribution in [-0.2, 0) is 4.74 Å². The van der Waals surface area contributed by atoms with Crippen molar-refractivity contribution >= 4 is 0 Å². The molecule has 0 fully saturated rings. The smallest absolute Gasteiger partial charge is 0.0468 e. The standard InChI is InChI=1S/C44H90N2O/c1-7-11-15-25-33-43(31-13-9-3)36-35-42(5)30-24-20-19-22-28-39-46(45-6)38-27-21-17-18-23-29-40-47-41-37-44(32-14-10-4)34-26-16-12-8-2/h43-45H,5,7-41H2,1-4,6H3. The van der Waals surface area contributed by atoms with Gasteiger partial charge in [0, 0.05) is 26.3 Å². The lowest BCUT2D eigenvalue weighted by Crippen LogP contribution is -2.36. The number of nitrogens with one attached hydrogen (secondary N) is 1. The van der Waals surface area contributed by atoms with E-state index in [0.29, 0.717) is 0 Å². The SMILES string of the molecule is C=C(CCCCCCCN(CCCCCCCCOCCC(CCCC)CCCCCC)NC)CCC(CCCC)CCCCCC. The van der Waals surface area contributed by atoms with Gasteiger partial charge in [0.1, 0.15) is 0 Å². The maximum absolute atomic E-state index is 6.05. The second-order valence-electron chi connectivity index (χ2n) is 15.3. The maximum atomic E-state index is 6.05. The molecule has 0 aromatic heterocycles. The summed E-state index contributed by atoms with van der Waals surface area (Å²) in [6, 6.07) is 0. The van der Waals surface area contributed by atoms with E-state index in [0.717, 1.165) is 25.0 Å². The van der Waals surface area contributed by atoms with Gasteiger partial charge < -0.3 is 4.74 Å². The Morgan fingerprint density at radius 1 is 0.468 bits per heavy atom. The molecule has 0 saturated heterocycles. The number of unbranched alkanes of at least 4 members (excludes halogenated alkanes) is 17. The monoisotopic (exact) mass is 663 g/mol. The van der Waals surface area contributed by atoms with Gasteiger partial charge in [-0.05, 0) is 70.3 Å². The Morgan fingerprint density at radius 3 is 1.45 bits per heavy atom. The molecule has 0 aliphatic carbocycles. The molecule has 282 valence electrons. The summed E-state index contributed by atoms with van der Waals surface area (Å²) in [5.74, 6) is 1.84. The summed E-state index contributed by atoms with van der Waals surface area (Å²) in [5, 5.41) is 2.45. The van der Waals surface area contributed by atoms with Crippen LogP contribution in [0.4, 0.5) is 0 Å². The lowest BCUT2D eigenvalue weighted by Gasteiger charge is -2.21. The molecule has 0 aromatic rings. The van der Waals surface area contributed by atoms with Gasteiger partial charge in [0.15, 0.2) is 0 Å². The minimum absolute atomic E-state index is 0.896. The van der Waals surface area contributed by atoms with Crippen LogP contribution < -0.4 is 5.43 Å². The molecule has 0 amide bonds. The van der Waals surface area contributed by atoms with Crippen molar-refractivity contribution in [1.82, 2.24) is 10.4 Å². The third kappa shape index (κ3) is 33.9. The average molecular weight is 663 g/mol. The molecule has 0 spiro atoms. The van der Waals surface area contributed by atoms with Crippen LogP contribution in [0.5, 0.6) is 0 Å². The van der Waals surface area contributed by atoms with Crippen molar-refractivity contribution in [2.24, 2.45) is 11.8 Å². The van der Waals surface area contributed by atoms with E-state index in [9.17, 15) is 0 Å². The summed E-state index contributed by atoms with van der Waals surface area (Å²) >= 11 is 0. The first-order valence-corrected chi connectivity index (χ1v) is 21.8. The molecule has 0 aliphatic rings. The van der Waals surface area contributed by atoms with E-state index >= 15 is 0 Å². The Hall–Kier alpha value is -0.380. The summed E-state index contributed by atoms with van der Waals surface area (Å²) < 4.78 is 6.05. The lowest BCUT2D eigenvalue weighted by molar-refractivity contribution is 0.113. The lowest BCUT2D eigenvalue weighted by atomic mass is 9.89. The van der Waals surface area contributed by atoms with E-state index in [2.05, 4.69) is 51.8 Å². The summed E-state index contributed by atoms with van der Waals surface area (Å²) in [7, 11) is 2.10. The summed E-state index contributed by atoms with van der Waals surface area (Å²) in [6.07, 6.45) is 42.4. The Morgan fingerprint density at radius 2 is 0.915 bits per heavy atom. The van der Waals surface area contributed by atoms with E-state index in [1.54, 1.807) is 0 Å². The van der Waals surface area contributed by atoms with Gasteiger partial charge in [-0.25, -0.2) is 5.01 Å². The first kappa shape index (κ1) is 46.6. The zero-order valence-corrected chi connectivity index (χ0v) is 33.5. The second kappa shape index (κ2) is 38.4. The Bertz CT molecular complexity index is 608. The quantitative estimate of drug-likeness (QED) is 0.0401. The van der Waals surface area contributed by atoms with E-state index in [-0.39, 0.29) is 0 Å². The van der Waals surface area contributed by atoms with Crippen LogP contribution in [0.25, 0.3) is 0 Å². The molecule has 3 heteroatoms. The molecule has 47 heavy (non-hydrogen) atoms. The zero-order chi connectivity index (χ0) is 34.5. The van der Waals surface area contributed by atoms with Crippen molar-refractivity contribution in [3.05, 3.63) is 12.2 Å². The highest BCUT2D eigenvalue weighted by Crippen LogP contribution is 2.25. The molecule has 0 aliphatic heterocycles. The van der Waals surface area contributed by atoms with Gasteiger partial charge in [0.25, 0.3) is 0 Å². The number of rotatable bonds is 40. The summed E-state index contributed by atoms with van der Waals surface area (Å²) in [5.41, 5.74) is 4.96. The van der Waals surface area contributed by atoms with Gasteiger partial charge >= 0.3 is 0 Å². The first-order valence-electron chi connectivity index (χ1n) is 21.8. The van der Waals surface area contributed by atoms with E-state index in [4.69, 9.17) is 4.74 Å². The van der Waals surface area contributed by atoms with Crippen LogP contribution in [0.15, 0.2) is 12.2 Å². The largest absolute Gasteiger partial charge is 0.381 e. The molecule has 2 unspecified atom stereocenters. The molecule has 0 bridgehead atoms. The molecule has 0 radical (unpaired) electrons. The van der Waals surface area contributed by atoms with Crippen LogP contribution in [0.3, 0.4) is 0 Å². The second-order valence-corrected chi connectivity index (χ2v) is 15.3. The van der Waals surface area contributed by atoms with Crippen molar-refractivity contribution in [3.63, 3.8) is 0 Å². The highest BCUT2D eigenvalue weighted by Gasteiger charge is 2.10. The third-order valence-electron chi connectivity index (χ3n) is 10.7. The molecule has 2 atom stereocenters. The van der Waals surface area contributed by atoms with Crippen LogP contribution in [-0.4, -0.2) is 38.4 Å². The van der Waals surface area contributed by atoms with Crippen molar-refractivity contribution in [3.8, 4) is 0 Å². The fourth-order valence-corrected chi connectivity index (χ4v) is 7.21. The predicted octanol–water partition coefficient (Wildman–Crippen LogP) is 14.4. The number of allylic oxidation sites excluding steroid dienone is 1. The van der Waals surface area contributed by atoms with Gasteiger partial charge in [-0.2, -0.15) is 0 Å². The van der Waals surface area contributed by atoms with Crippen molar-refractivity contribution < 1.29 is 4.74 Å². The van der Waals surface area contributed by atoms with Gasteiger partial charge in [-0.3, -0.25) is 5.43 Å². The van der Waals surface area contributed by atoms with Gasteiger partial charge in [-0.1, -0.05) is 188 Å². The van der Waals surface area contributed by atoms with E-state index in [1.807, 2.05) is 0 Å². The van der Waals surface area contributed by atoms with Crippen LogP contribution in [0, 0.1) is 11.8 Å². The maximum Gasteiger partial charge on any atom is 0.0468 e. The normalized spacial score (nSPS) is 13.1. The molecular formula is C44H90N2O. The highest BCUT2D eigenvalue weighted by molar-refractivity contribution is 4.94. The van der Waals surface area contributed by atoms with Gasteiger partial charge in [-0.15, -0.1) is 0 Å². The van der Waals surface area contributed by atoms with Crippen LogP contribution >= 0.6 is 0 Å². The zero-order valence-electron chi connectivity index (χ0n) is 33.5. The number of ether oxygens (including phenoxy) is 1. The average Bonchev–Trinajstić information content (AvgIpc) is 3.08. The van der Waals surface area contributed by atoms with Crippen molar-refractivity contribution in [2.75, 3.05) is 33.4 Å². The molecule has 0 saturated carbocycles. The minimum atomic E-state index is 0.896. The third-order valence-corrected chi connectivity index (χ3v) is 10.7. The Labute approximate surface area is 298 Å². The van der Waals surface area contributed by atoms with Gasteiger partial charge in [0.2, 0.25) is 0 Å². The summed E-state index contributed by atoms with van der Waals surface area (Å²) in [4.78, 5) is 0. The molecule has 1 N–H and O–H groups in total. The molecule has 0 rings (SSSR count). The number of nitrogens with zero attached hydrogens (tertiary/aromatic N) is 1. The van der Waals surface area contributed by atoms with Crippen LogP contribution in [0.1, 0.15) is 227 Å². The van der Waals surface area contributed by atoms with Crippen molar-refractivity contribution in [2.45, 2.75) is 227 Å². The number of hydrazine groups is 1. The van der Waals surface area contributed by atoms with E-state index in [1.165, 1.54) is 218 Å². The topological polar surface area (TPSA) is 24.5 Å². The van der Waals surface area contributed by atoms with E-state index < -0.39 is 0 Å². The van der Waals surface area contributed by atoms with Crippen molar-refractivity contribution in [1.29, 1.82) is 0 Å². The first-order chi connectivity index (χ1) is 23.1. The highest BCUT2D eigenvalue weighted by atomic mass is 16.5. The number of hydrogen-bond donors (Lipinski definition) is 1. The Kier molecular flexibility index (Phi) is 38.1. The minimum Gasteiger partial charge on any atom is -0.381 e. The molecular weight excluding hydrogens is 572 g/mol. The molecule has 0 heterocycles. The predicted molar refractivity (Wildman–Crippen MR) is 213 cm³/mol. The Balaban J connectivity index is 3.70. The summed E-state index contributed by atoms with van der Waals surface area (Å²) in [6.45, 7) is 18.1. The van der Waals surface area contributed by atoms with Gasteiger partial charge in [0.05, 0.1) is 0 Å². The molecule has 3 nitrogen and oxygen atoms in total.